The summed E-state index contributed by atoms with van der Waals surface area (Å²) in [5, 5.41) is 1.76. The normalized spacial score (nSPS) is 11.0. The summed E-state index contributed by atoms with van der Waals surface area (Å²) in [7, 11) is 0. The van der Waals surface area contributed by atoms with E-state index in [2.05, 4.69) is 25.9 Å². The molecule has 0 bridgehead atoms. The molecule has 0 atom stereocenters. The summed E-state index contributed by atoms with van der Waals surface area (Å²) in [5.74, 6) is 0.851. The molecule has 0 spiro atoms. The third-order valence-electron chi connectivity index (χ3n) is 3.52. The second kappa shape index (κ2) is 6.86. The number of imidazole rings is 1. The van der Waals surface area contributed by atoms with Crippen LogP contribution in [-0.4, -0.2) is 9.97 Å². The number of hydrogen-bond donors (Lipinski definition) is 1. The van der Waals surface area contributed by atoms with E-state index in [1.807, 2.05) is 37.3 Å². The maximum atomic E-state index is 6.32. The highest BCUT2D eigenvalue weighted by molar-refractivity contribution is 9.10. The van der Waals surface area contributed by atoms with Crippen molar-refractivity contribution in [1.82, 2.24) is 9.97 Å². The van der Waals surface area contributed by atoms with Crippen LogP contribution in [0.5, 0.6) is 0 Å². The lowest BCUT2D eigenvalue weighted by atomic mass is 10.1. The first-order chi connectivity index (χ1) is 11.0. The van der Waals surface area contributed by atoms with Crippen LogP contribution in [-0.2, 0) is 6.42 Å². The van der Waals surface area contributed by atoms with Crippen LogP contribution in [0.25, 0.3) is 11.3 Å². The van der Waals surface area contributed by atoms with Crippen LogP contribution in [0.15, 0.2) is 40.9 Å². The molecule has 2 nitrogen and oxygen atoms in total. The van der Waals surface area contributed by atoms with Crippen molar-refractivity contribution in [3.8, 4) is 11.3 Å². The second-order valence-corrected chi connectivity index (χ2v) is 7.22. The van der Waals surface area contributed by atoms with Crippen LogP contribution in [0.2, 0.25) is 15.1 Å². The van der Waals surface area contributed by atoms with E-state index in [1.54, 1.807) is 6.07 Å². The van der Waals surface area contributed by atoms with Gasteiger partial charge in [-0.05, 0) is 46.6 Å². The summed E-state index contributed by atoms with van der Waals surface area (Å²) in [5.41, 5.74) is 3.78. The highest BCUT2D eigenvalue weighted by Gasteiger charge is 2.13. The van der Waals surface area contributed by atoms with Crippen LogP contribution in [0.1, 0.15) is 17.1 Å². The number of rotatable bonds is 3. The molecule has 6 heteroatoms. The number of benzene rings is 2. The standard InChI is InChI=1S/C17H12BrCl3N2/c1-9-17(11-5-6-13(19)14(20)7-11)23-15(22-9)8-10-3-2-4-12(18)16(10)21/h2-7H,8H2,1H3,(H,22,23). The fourth-order valence-electron chi connectivity index (χ4n) is 2.40. The van der Waals surface area contributed by atoms with Gasteiger partial charge in [0.05, 0.1) is 20.8 Å². The quantitative estimate of drug-likeness (QED) is 0.492. The second-order valence-electron chi connectivity index (χ2n) is 5.18. The van der Waals surface area contributed by atoms with Gasteiger partial charge in [0.1, 0.15) is 5.82 Å². The molecule has 23 heavy (non-hydrogen) atoms. The molecule has 0 aliphatic rings. The molecule has 0 amide bonds. The number of hydrogen-bond acceptors (Lipinski definition) is 1. The van der Waals surface area contributed by atoms with Crippen molar-refractivity contribution >= 4 is 50.7 Å². The predicted molar refractivity (Wildman–Crippen MR) is 101 cm³/mol. The zero-order chi connectivity index (χ0) is 16.6. The van der Waals surface area contributed by atoms with Crippen LogP contribution in [0.4, 0.5) is 0 Å². The Morgan fingerprint density at radius 2 is 1.87 bits per heavy atom. The molecule has 0 radical (unpaired) electrons. The summed E-state index contributed by atoms with van der Waals surface area (Å²) in [6.07, 6.45) is 0.625. The van der Waals surface area contributed by atoms with Crippen LogP contribution in [0, 0.1) is 6.92 Å². The minimum Gasteiger partial charge on any atom is -0.345 e. The first-order valence-electron chi connectivity index (χ1n) is 6.89. The van der Waals surface area contributed by atoms with Crippen molar-refractivity contribution < 1.29 is 0 Å². The van der Waals surface area contributed by atoms with E-state index >= 15 is 0 Å². The molecule has 118 valence electrons. The van der Waals surface area contributed by atoms with Gasteiger partial charge in [0.15, 0.2) is 0 Å². The Morgan fingerprint density at radius 3 is 2.61 bits per heavy atom. The molecular formula is C17H12BrCl3N2. The smallest absolute Gasteiger partial charge is 0.111 e. The summed E-state index contributed by atoms with van der Waals surface area (Å²) in [6, 6.07) is 11.4. The lowest BCUT2D eigenvalue weighted by molar-refractivity contribution is 1.02. The average Bonchev–Trinajstić information content (AvgIpc) is 2.87. The van der Waals surface area contributed by atoms with Crippen molar-refractivity contribution in [3.05, 3.63) is 73.0 Å². The number of H-pyrrole nitrogens is 1. The fraction of sp³-hybridized carbons (Fsp3) is 0.118. The van der Waals surface area contributed by atoms with Crippen molar-refractivity contribution in [2.24, 2.45) is 0 Å². The number of nitrogens with one attached hydrogen (secondary N) is 1. The van der Waals surface area contributed by atoms with Crippen molar-refractivity contribution in [3.63, 3.8) is 0 Å². The Kier molecular flexibility index (Phi) is 5.02. The Bertz CT molecular complexity index is 874. The van der Waals surface area contributed by atoms with Crippen molar-refractivity contribution in [1.29, 1.82) is 0 Å². The molecule has 1 N–H and O–H groups in total. The molecular weight excluding hydrogens is 418 g/mol. The summed E-state index contributed by atoms with van der Waals surface area (Å²) in [4.78, 5) is 8.00. The molecule has 0 saturated heterocycles. The van der Waals surface area contributed by atoms with Gasteiger partial charge in [0.25, 0.3) is 0 Å². The molecule has 1 heterocycles. The Hall–Kier alpha value is -1.000. The number of halogens is 4. The first-order valence-corrected chi connectivity index (χ1v) is 8.82. The van der Waals surface area contributed by atoms with E-state index in [-0.39, 0.29) is 0 Å². The van der Waals surface area contributed by atoms with E-state index in [4.69, 9.17) is 34.8 Å². The Balaban J connectivity index is 1.94. The minimum absolute atomic E-state index is 0.517. The van der Waals surface area contributed by atoms with E-state index in [0.29, 0.717) is 21.5 Å². The molecule has 0 aliphatic carbocycles. The SMILES string of the molecule is Cc1[nH]c(Cc2cccc(Br)c2Cl)nc1-c1ccc(Cl)c(Cl)c1. The zero-order valence-corrected chi connectivity index (χ0v) is 16.0. The lowest BCUT2D eigenvalue weighted by Gasteiger charge is -2.03. The number of aromatic amines is 1. The predicted octanol–water partition coefficient (Wildman–Crippen LogP) is 6.70. The molecule has 0 aliphatic heterocycles. The van der Waals surface area contributed by atoms with E-state index in [0.717, 1.165) is 32.8 Å². The molecule has 3 rings (SSSR count). The van der Waals surface area contributed by atoms with E-state index < -0.39 is 0 Å². The molecule has 1 aromatic heterocycles. The third kappa shape index (κ3) is 3.58. The first kappa shape index (κ1) is 16.8. The highest BCUT2D eigenvalue weighted by Crippen LogP contribution is 2.31. The van der Waals surface area contributed by atoms with E-state index in [9.17, 15) is 0 Å². The molecule has 0 saturated carbocycles. The summed E-state index contributed by atoms with van der Waals surface area (Å²) < 4.78 is 0.879. The maximum absolute atomic E-state index is 6.32. The average molecular weight is 431 g/mol. The monoisotopic (exact) mass is 428 g/mol. The largest absolute Gasteiger partial charge is 0.345 e. The molecule has 3 aromatic rings. The maximum Gasteiger partial charge on any atom is 0.111 e. The van der Waals surface area contributed by atoms with Gasteiger partial charge in [-0.3, -0.25) is 0 Å². The van der Waals surface area contributed by atoms with Crippen molar-refractivity contribution in [2.75, 3.05) is 0 Å². The number of aromatic nitrogens is 2. The minimum atomic E-state index is 0.517. The third-order valence-corrected chi connectivity index (χ3v) is 5.59. The van der Waals surface area contributed by atoms with Gasteiger partial charge < -0.3 is 4.98 Å². The number of nitrogens with zero attached hydrogens (tertiary/aromatic N) is 1. The topological polar surface area (TPSA) is 28.7 Å². The highest BCUT2D eigenvalue weighted by atomic mass is 79.9. The van der Waals surface area contributed by atoms with E-state index in [1.165, 1.54) is 0 Å². The van der Waals surface area contributed by atoms with Gasteiger partial charge in [-0.25, -0.2) is 4.98 Å². The number of aryl methyl sites for hydroxylation is 1. The van der Waals surface area contributed by atoms with Gasteiger partial charge in [0, 0.05) is 22.2 Å². The molecule has 0 fully saturated rings. The van der Waals surface area contributed by atoms with Crippen LogP contribution >= 0.6 is 50.7 Å². The Labute approximate surface area is 157 Å². The molecule has 2 aromatic carbocycles. The summed E-state index contributed by atoms with van der Waals surface area (Å²) in [6.45, 7) is 1.98. The van der Waals surface area contributed by atoms with Gasteiger partial charge in [-0.2, -0.15) is 0 Å². The summed E-state index contributed by atoms with van der Waals surface area (Å²) >= 11 is 21.8. The van der Waals surface area contributed by atoms with Gasteiger partial charge in [-0.1, -0.05) is 53.0 Å². The van der Waals surface area contributed by atoms with Crippen LogP contribution < -0.4 is 0 Å². The van der Waals surface area contributed by atoms with Crippen LogP contribution in [0.3, 0.4) is 0 Å². The zero-order valence-electron chi connectivity index (χ0n) is 12.1. The van der Waals surface area contributed by atoms with Gasteiger partial charge in [0.2, 0.25) is 0 Å². The lowest BCUT2D eigenvalue weighted by Crippen LogP contribution is -1.92. The van der Waals surface area contributed by atoms with Gasteiger partial charge in [-0.15, -0.1) is 0 Å². The fourth-order valence-corrected chi connectivity index (χ4v) is 3.29. The molecule has 0 unspecified atom stereocenters. The van der Waals surface area contributed by atoms with Gasteiger partial charge >= 0.3 is 0 Å². The Morgan fingerprint density at radius 1 is 1.09 bits per heavy atom. The van der Waals surface area contributed by atoms with Crippen molar-refractivity contribution in [2.45, 2.75) is 13.3 Å².